The maximum atomic E-state index is 12.1. The standard InChI is InChI=1S/C15H20N2O4/c1-12-6-7-14(13(10-12)17(19)20)21-11-15(18)16-8-4-2-3-5-9-16/h6-7,10H,2-5,8-9,11H2,1H3. The highest BCUT2D eigenvalue weighted by Gasteiger charge is 2.19. The zero-order chi connectivity index (χ0) is 15.2. The molecule has 0 atom stereocenters. The van der Waals surface area contributed by atoms with Gasteiger partial charge in [-0.2, -0.15) is 0 Å². The first-order valence-electron chi connectivity index (χ1n) is 7.23. The first-order valence-corrected chi connectivity index (χ1v) is 7.23. The Kier molecular flexibility index (Phi) is 5.14. The fraction of sp³-hybridized carbons (Fsp3) is 0.533. The van der Waals surface area contributed by atoms with Crippen LogP contribution < -0.4 is 4.74 Å². The molecule has 21 heavy (non-hydrogen) atoms. The number of aryl methyl sites for hydroxylation is 1. The average Bonchev–Trinajstić information content (AvgIpc) is 2.74. The smallest absolute Gasteiger partial charge is 0.311 e. The molecule has 6 heteroatoms. The molecule has 0 N–H and O–H groups in total. The van der Waals surface area contributed by atoms with E-state index in [9.17, 15) is 14.9 Å². The third kappa shape index (κ3) is 4.18. The van der Waals surface area contributed by atoms with Crippen LogP contribution >= 0.6 is 0 Å². The second-order valence-electron chi connectivity index (χ2n) is 5.31. The van der Waals surface area contributed by atoms with E-state index in [1.165, 1.54) is 6.07 Å². The van der Waals surface area contributed by atoms with Crippen LogP contribution in [-0.2, 0) is 4.79 Å². The van der Waals surface area contributed by atoms with E-state index in [2.05, 4.69) is 0 Å². The van der Waals surface area contributed by atoms with Crippen LogP contribution in [0.1, 0.15) is 31.2 Å². The quantitative estimate of drug-likeness (QED) is 0.631. The Balaban J connectivity index is 1.99. The molecular formula is C15H20N2O4. The fourth-order valence-corrected chi connectivity index (χ4v) is 2.44. The molecule has 1 aromatic rings. The lowest BCUT2D eigenvalue weighted by Crippen LogP contribution is -2.35. The highest BCUT2D eigenvalue weighted by Crippen LogP contribution is 2.27. The third-order valence-corrected chi connectivity index (χ3v) is 3.62. The second kappa shape index (κ2) is 7.06. The van der Waals surface area contributed by atoms with Crippen LogP contribution in [0.4, 0.5) is 5.69 Å². The van der Waals surface area contributed by atoms with Crippen molar-refractivity contribution in [2.24, 2.45) is 0 Å². The highest BCUT2D eigenvalue weighted by molar-refractivity contribution is 5.78. The molecule has 2 rings (SSSR count). The van der Waals surface area contributed by atoms with E-state index in [-0.39, 0.29) is 24.0 Å². The number of benzene rings is 1. The zero-order valence-corrected chi connectivity index (χ0v) is 12.2. The molecule has 0 unspecified atom stereocenters. The predicted molar refractivity (Wildman–Crippen MR) is 78.4 cm³/mol. The summed E-state index contributed by atoms with van der Waals surface area (Å²) in [5, 5.41) is 11.0. The molecule has 0 aromatic heterocycles. The Hall–Kier alpha value is -2.11. The van der Waals surface area contributed by atoms with Crippen molar-refractivity contribution in [2.75, 3.05) is 19.7 Å². The number of nitro benzene ring substituents is 1. The first kappa shape index (κ1) is 15.3. The van der Waals surface area contributed by atoms with Crippen molar-refractivity contribution in [3.63, 3.8) is 0 Å². The lowest BCUT2D eigenvalue weighted by atomic mass is 10.2. The van der Waals surface area contributed by atoms with Gasteiger partial charge in [-0.05, 0) is 31.4 Å². The number of carbonyl (C=O) groups excluding carboxylic acids is 1. The molecule has 1 aliphatic heterocycles. The molecule has 1 fully saturated rings. The molecule has 1 aliphatic rings. The molecule has 1 heterocycles. The summed E-state index contributed by atoms with van der Waals surface area (Å²) >= 11 is 0. The SMILES string of the molecule is Cc1ccc(OCC(=O)N2CCCCCC2)c([N+](=O)[O-])c1. The summed E-state index contributed by atoms with van der Waals surface area (Å²) in [4.78, 5) is 24.4. The number of likely N-dealkylation sites (tertiary alicyclic amines) is 1. The number of rotatable bonds is 4. The molecule has 114 valence electrons. The average molecular weight is 292 g/mol. The van der Waals surface area contributed by atoms with E-state index >= 15 is 0 Å². The molecule has 0 bridgehead atoms. The van der Waals surface area contributed by atoms with Gasteiger partial charge in [0.1, 0.15) is 0 Å². The molecule has 0 aliphatic carbocycles. The number of ether oxygens (including phenoxy) is 1. The van der Waals surface area contributed by atoms with Crippen LogP contribution in [0.15, 0.2) is 18.2 Å². The van der Waals surface area contributed by atoms with Crippen LogP contribution in [0.25, 0.3) is 0 Å². The van der Waals surface area contributed by atoms with Crippen molar-refractivity contribution in [2.45, 2.75) is 32.6 Å². The minimum absolute atomic E-state index is 0.0985. The normalized spacial score (nSPS) is 15.4. The molecule has 1 saturated heterocycles. The minimum Gasteiger partial charge on any atom is -0.477 e. The van der Waals surface area contributed by atoms with E-state index in [1.807, 2.05) is 0 Å². The lowest BCUT2D eigenvalue weighted by molar-refractivity contribution is -0.385. The van der Waals surface area contributed by atoms with Gasteiger partial charge in [0.15, 0.2) is 12.4 Å². The van der Waals surface area contributed by atoms with Gasteiger partial charge < -0.3 is 9.64 Å². The zero-order valence-electron chi connectivity index (χ0n) is 12.2. The predicted octanol–water partition coefficient (Wildman–Crippen LogP) is 2.68. The summed E-state index contributed by atoms with van der Waals surface area (Å²) in [6.45, 7) is 3.12. The van der Waals surface area contributed by atoms with E-state index in [4.69, 9.17) is 4.74 Å². The topological polar surface area (TPSA) is 72.7 Å². The number of nitro groups is 1. The highest BCUT2D eigenvalue weighted by atomic mass is 16.6. The van der Waals surface area contributed by atoms with Gasteiger partial charge in [-0.3, -0.25) is 14.9 Å². The van der Waals surface area contributed by atoms with Crippen molar-refractivity contribution in [1.29, 1.82) is 0 Å². The number of hydrogen-bond donors (Lipinski definition) is 0. The van der Waals surface area contributed by atoms with Crippen molar-refractivity contribution < 1.29 is 14.5 Å². The number of hydrogen-bond acceptors (Lipinski definition) is 4. The van der Waals surface area contributed by atoms with Crippen molar-refractivity contribution in [1.82, 2.24) is 4.90 Å². The summed E-state index contributed by atoms with van der Waals surface area (Å²) in [6, 6.07) is 4.73. The van der Waals surface area contributed by atoms with Gasteiger partial charge in [-0.1, -0.05) is 18.9 Å². The summed E-state index contributed by atoms with van der Waals surface area (Å²) in [6.07, 6.45) is 4.31. The van der Waals surface area contributed by atoms with E-state index in [0.717, 1.165) is 44.3 Å². The van der Waals surface area contributed by atoms with E-state index in [0.29, 0.717) is 0 Å². The van der Waals surface area contributed by atoms with Gasteiger partial charge >= 0.3 is 5.69 Å². The molecule has 6 nitrogen and oxygen atoms in total. The van der Waals surface area contributed by atoms with Crippen LogP contribution in [0.2, 0.25) is 0 Å². The van der Waals surface area contributed by atoms with Crippen LogP contribution in [0.5, 0.6) is 5.75 Å². The summed E-state index contributed by atoms with van der Waals surface area (Å²) in [5.74, 6) is 0.0422. The molecule has 1 amide bonds. The Labute approximate surface area is 123 Å². The van der Waals surface area contributed by atoms with Crippen LogP contribution in [0.3, 0.4) is 0 Å². The Morgan fingerprint density at radius 2 is 1.95 bits per heavy atom. The maximum Gasteiger partial charge on any atom is 0.311 e. The van der Waals surface area contributed by atoms with E-state index < -0.39 is 4.92 Å². The third-order valence-electron chi connectivity index (χ3n) is 3.62. The number of nitrogens with zero attached hydrogens (tertiary/aromatic N) is 2. The molecular weight excluding hydrogens is 272 g/mol. The molecule has 0 radical (unpaired) electrons. The van der Waals surface area contributed by atoms with Crippen molar-refractivity contribution in [3.05, 3.63) is 33.9 Å². The summed E-state index contributed by atoms with van der Waals surface area (Å²) in [5.41, 5.74) is 0.687. The van der Waals surface area contributed by atoms with Crippen LogP contribution in [-0.4, -0.2) is 35.4 Å². The van der Waals surface area contributed by atoms with Crippen molar-refractivity contribution in [3.8, 4) is 5.75 Å². The van der Waals surface area contributed by atoms with E-state index in [1.54, 1.807) is 24.0 Å². The fourth-order valence-electron chi connectivity index (χ4n) is 2.44. The second-order valence-corrected chi connectivity index (χ2v) is 5.31. The Morgan fingerprint density at radius 3 is 2.57 bits per heavy atom. The van der Waals surface area contributed by atoms with Gasteiger partial charge in [-0.25, -0.2) is 0 Å². The Bertz CT molecular complexity index is 522. The van der Waals surface area contributed by atoms with Gasteiger partial charge in [0.2, 0.25) is 0 Å². The van der Waals surface area contributed by atoms with Gasteiger partial charge in [0, 0.05) is 19.2 Å². The largest absolute Gasteiger partial charge is 0.477 e. The first-order chi connectivity index (χ1) is 10.1. The van der Waals surface area contributed by atoms with Crippen molar-refractivity contribution >= 4 is 11.6 Å². The minimum atomic E-state index is -0.487. The van der Waals surface area contributed by atoms with Gasteiger partial charge in [0.05, 0.1) is 4.92 Å². The van der Waals surface area contributed by atoms with Gasteiger partial charge in [-0.15, -0.1) is 0 Å². The molecule has 1 aromatic carbocycles. The molecule has 0 spiro atoms. The number of amides is 1. The lowest BCUT2D eigenvalue weighted by Gasteiger charge is -2.20. The van der Waals surface area contributed by atoms with Crippen LogP contribution in [0, 0.1) is 17.0 Å². The summed E-state index contributed by atoms with van der Waals surface area (Å²) < 4.78 is 5.38. The number of carbonyl (C=O) groups is 1. The Morgan fingerprint density at radius 1 is 1.29 bits per heavy atom. The maximum absolute atomic E-state index is 12.1. The molecule has 0 saturated carbocycles. The monoisotopic (exact) mass is 292 g/mol. The van der Waals surface area contributed by atoms with Gasteiger partial charge in [0.25, 0.3) is 5.91 Å². The summed E-state index contributed by atoms with van der Waals surface area (Å²) in [7, 11) is 0.